The first-order valence-corrected chi connectivity index (χ1v) is 11.4. The molecule has 2 aromatic heterocycles. The van der Waals surface area contributed by atoms with Crippen molar-refractivity contribution in [3.63, 3.8) is 0 Å². The van der Waals surface area contributed by atoms with Gasteiger partial charge in [0.25, 0.3) is 5.56 Å². The average molecular weight is 486 g/mol. The SMILES string of the molecule is O=c1[nH]c(-c2ccc(C(F)(F)F)cc2)nc2c1CN(Cc1ccc(-c3ccc(F)cc3)s1)CC2. The van der Waals surface area contributed by atoms with Crippen molar-refractivity contribution >= 4 is 11.3 Å². The van der Waals surface area contributed by atoms with Crippen LogP contribution in [0.1, 0.15) is 21.7 Å². The lowest BCUT2D eigenvalue weighted by atomic mass is 10.1. The highest BCUT2D eigenvalue weighted by molar-refractivity contribution is 7.15. The summed E-state index contributed by atoms with van der Waals surface area (Å²) < 4.78 is 51.6. The third-order valence-electron chi connectivity index (χ3n) is 5.80. The van der Waals surface area contributed by atoms with E-state index in [0.717, 1.165) is 27.5 Å². The van der Waals surface area contributed by atoms with Gasteiger partial charge in [-0.15, -0.1) is 11.3 Å². The Morgan fingerprint density at radius 3 is 2.38 bits per heavy atom. The topological polar surface area (TPSA) is 49.0 Å². The van der Waals surface area contributed by atoms with Crippen LogP contribution in [-0.4, -0.2) is 21.4 Å². The molecule has 0 atom stereocenters. The van der Waals surface area contributed by atoms with Crippen molar-refractivity contribution in [2.75, 3.05) is 6.54 Å². The number of hydrogen-bond acceptors (Lipinski definition) is 4. The largest absolute Gasteiger partial charge is 0.416 e. The summed E-state index contributed by atoms with van der Waals surface area (Å²) in [7, 11) is 0. The maximum absolute atomic E-state index is 13.2. The molecule has 0 saturated carbocycles. The predicted octanol–water partition coefficient (Wildman–Crippen LogP) is 5.88. The fraction of sp³-hybridized carbons (Fsp3) is 0.200. The van der Waals surface area contributed by atoms with Crippen molar-refractivity contribution in [2.45, 2.75) is 25.7 Å². The summed E-state index contributed by atoms with van der Waals surface area (Å²) in [6, 6.07) is 15.0. The summed E-state index contributed by atoms with van der Waals surface area (Å²) in [5.74, 6) is 0.000873. The molecule has 1 aliphatic heterocycles. The van der Waals surface area contributed by atoms with Gasteiger partial charge in [0.1, 0.15) is 11.6 Å². The number of nitrogens with zero attached hydrogens (tertiary/aromatic N) is 2. The lowest BCUT2D eigenvalue weighted by molar-refractivity contribution is -0.137. The first-order valence-electron chi connectivity index (χ1n) is 10.6. The van der Waals surface area contributed by atoms with Crippen molar-refractivity contribution in [2.24, 2.45) is 0 Å². The van der Waals surface area contributed by atoms with Crippen molar-refractivity contribution in [1.29, 1.82) is 0 Å². The van der Waals surface area contributed by atoms with Crippen LogP contribution in [0.4, 0.5) is 17.6 Å². The molecular formula is C25H19F4N3OS. The van der Waals surface area contributed by atoms with Gasteiger partial charge in [-0.1, -0.05) is 24.3 Å². The molecule has 5 rings (SSSR count). The molecule has 4 aromatic rings. The minimum atomic E-state index is -4.42. The fourth-order valence-electron chi connectivity index (χ4n) is 4.02. The van der Waals surface area contributed by atoms with Crippen LogP contribution in [-0.2, 0) is 25.7 Å². The summed E-state index contributed by atoms with van der Waals surface area (Å²) >= 11 is 1.63. The molecule has 0 aliphatic carbocycles. The van der Waals surface area contributed by atoms with Gasteiger partial charge in [-0.05, 0) is 42.0 Å². The minimum Gasteiger partial charge on any atom is -0.306 e. The van der Waals surface area contributed by atoms with Crippen LogP contribution in [0.2, 0.25) is 0 Å². The highest BCUT2D eigenvalue weighted by Gasteiger charge is 2.30. The van der Waals surface area contributed by atoms with Crippen LogP contribution in [0.15, 0.2) is 65.5 Å². The Morgan fingerprint density at radius 2 is 1.68 bits per heavy atom. The summed E-state index contributed by atoms with van der Waals surface area (Å²) in [5.41, 5.74) is 1.62. The number of nitrogens with one attached hydrogen (secondary N) is 1. The summed E-state index contributed by atoms with van der Waals surface area (Å²) in [4.78, 5) is 24.4. The van der Waals surface area contributed by atoms with E-state index >= 15 is 0 Å². The molecule has 34 heavy (non-hydrogen) atoms. The van der Waals surface area contributed by atoms with Gasteiger partial charge in [0.15, 0.2) is 0 Å². The van der Waals surface area contributed by atoms with Gasteiger partial charge in [0.2, 0.25) is 0 Å². The van der Waals surface area contributed by atoms with Gasteiger partial charge >= 0.3 is 6.18 Å². The average Bonchev–Trinajstić information content (AvgIpc) is 3.28. The van der Waals surface area contributed by atoms with E-state index in [9.17, 15) is 22.4 Å². The first kappa shape index (κ1) is 22.5. The lowest BCUT2D eigenvalue weighted by Gasteiger charge is -2.27. The Hall–Kier alpha value is -3.30. The van der Waals surface area contributed by atoms with Crippen LogP contribution >= 0.6 is 11.3 Å². The van der Waals surface area contributed by atoms with E-state index in [0.29, 0.717) is 42.9 Å². The number of alkyl halides is 3. The molecule has 0 radical (unpaired) electrons. The number of thiophene rings is 1. The first-order chi connectivity index (χ1) is 16.3. The molecule has 1 N–H and O–H groups in total. The number of rotatable bonds is 4. The molecular weight excluding hydrogens is 466 g/mol. The number of H-pyrrole nitrogens is 1. The number of aromatic amines is 1. The number of benzene rings is 2. The quantitative estimate of drug-likeness (QED) is 0.367. The number of fused-ring (bicyclic) bond motifs is 1. The smallest absolute Gasteiger partial charge is 0.306 e. The Labute approximate surface area is 196 Å². The Bertz CT molecular complexity index is 1380. The van der Waals surface area contributed by atoms with E-state index in [1.54, 1.807) is 23.5 Å². The minimum absolute atomic E-state index is 0.271. The van der Waals surface area contributed by atoms with E-state index in [1.165, 1.54) is 24.3 Å². The maximum Gasteiger partial charge on any atom is 0.416 e. The molecule has 1 aliphatic rings. The molecule has 0 fully saturated rings. The zero-order valence-electron chi connectivity index (χ0n) is 17.8. The molecule has 4 nitrogen and oxygen atoms in total. The second kappa shape index (κ2) is 8.81. The van der Waals surface area contributed by atoms with Crippen molar-refractivity contribution in [1.82, 2.24) is 14.9 Å². The standard InChI is InChI=1S/C25H19F4N3OS/c26-18-7-3-15(4-8-18)22-10-9-19(34-22)13-32-12-11-21-20(14-32)24(33)31-23(30-21)16-1-5-17(6-2-16)25(27,28)29/h1-10H,11-14H2,(H,30,31,33). The third-order valence-corrected chi connectivity index (χ3v) is 6.92. The zero-order valence-corrected chi connectivity index (χ0v) is 18.6. The zero-order chi connectivity index (χ0) is 23.9. The van der Waals surface area contributed by atoms with Crippen LogP contribution in [0.3, 0.4) is 0 Å². The molecule has 2 aromatic carbocycles. The molecule has 3 heterocycles. The third kappa shape index (κ3) is 4.67. The van der Waals surface area contributed by atoms with Gasteiger partial charge in [-0.2, -0.15) is 13.2 Å². The van der Waals surface area contributed by atoms with E-state index < -0.39 is 11.7 Å². The molecule has 0 saturated heterocycles. The number of halogens is 4. The summed E-state index contributed by atoms with van der Waals surface area (Å²) in [5, 5.41) is 0. The molecule has 174 valence electrons. The van der Waals surface area contributed by atoms with E-state index in [1.807, 2.05) is 12.1 Å². The van der Waals surface area contributed by atoms with Crippen LogP contribution in [0, 0.1) is 5.82 Å². The van der Waals surface area contributed by atoms with Gasteiger partial charge in [0.05, 0.1) is 16.8 Å². The highest BCUT2D eigenvalue weighted by atomic mass is 32.1. The van der Waals surface area contributed by atoms with Crippen molar-refractivity contribution in [3.8, 4) is 21.8 Å². The monoisotopic (exact) mass is 485 g/mol. The fourth-order valence-corrected chi connectivity index (χ4v) is 5.08. The van der Waals surface area contributed by atoms with Gasteiger partial charge in [-0.25, -0.2) is 9.37 Å². The van der Waals surface area contributed by atoms with Gasteiger partial charge < -0.3 is 4.98 Å². The summed E-state index contributed by atoms with van der Waals surface area (Å²) in [6.45, 7) is 1.82. The van der Waals surface area contributed by atoms with E-state index in [2.05, 4.69) is 14.9 Å². The molecule has 9 heteroatoms. The predicted molar refractivity (Wildman–Crippen MR) is 123 cm³/mol. The highest BCUT2D eigenvalue weighted by Crippen LogP contribution is 2.31. The Balaban J connectivity index is 1.31. The lowest BCUT2D eigenvalue weighted by Crippen LogP contribution is -2.35. The molecule has 0 bridgehead atoms. The van der Waals surface area contributed by atoms with Crippen LogP contribution in [0.25, 0.3) is 21.8 Å². The van der Waals surface area contributed by atoms with E-state index in [-0.39, 0.29) is 17.2 Å². The summed E-state index contributed by atoms with van der Waals surface area (Å²) in [6.07, 6.45) is -3.84. The Kier molecular flexibility index (Phi) is 5.83. The molecule has 0 unspecified atom stereocenters. The van der Waals surface area contributed by atoms with Gasteiger partial charge in [0, 0.05) is 41.4 Å². The molecule has 0 spiro atoms. The second-order valence-electron chi connectivity index (χ2n) is 8.15. The second-order valence-corrected chi connectivity index (χ2v) is 9.32. The number of aromatic nitrogens is 2. The Morgan fingerprint density at radius 1 is 0.971 bits per heavy atom. The van der Waals surface area contributed by atoms with Crippen molar-refractivity contribution < 1.29 is 17.6 Å². The van der Waals surface area contributed by atoms with Gasteiger partial charge in [-0.3, -0.25) is 9.69 Å². The maximum atomic E-state index is 13.2. The number of hydrogen-bond donors (Lipinski definition) is 1. The van der Waals surface area contributed by atoms with Crippen LogP contribution < -0.4 is 5.56 Å². The van der Waals surface area contributed by atoms with Crippen LogP contribution in [0.5, 0.6) is 0 Å². The van der Waals surface area contributed by atoms with Crippen molar-refractivity contribution in [3.05, 3.63) is 98.5 Å². The normalized spacial score (nSPS) is 14.2. The van der Waals surface area contributed by atoms with E-state index in [4.69, 9.17) is 0 Å². The molecule has 0 amide bonds.